The van der Waals surface area contributed by atoms with Gasteiger partial charge in [-0.25, -0.2) is 4.79 Å². The number of carbonyl (C=O) groups is 1. The zero-order valence-electron chi connectivity index (χ0n) is 11.6. The summed E-state index contributed by atoms with van der Waals surface area (Å²) >= 11 is 0. The largest absolute Gasteiger partial charge is 0.394 e. The van der Waals surface area contributed by atoms with E-state index in [0.29, 0.717) is 11.5 Å². The van der Waals surface area contributed by atoms with Crippen molar-refractivity contribution in [2.75, 3.05) is 13.2 Å². The van der Waals surface area contributed by atoms with Gasteiger partial charge < -0.3 is 15.3 Å². The number of urea groups is 1. The van der Waals surface area contributed by atoms with E-state index in [1.54, 1.807) is 4.90 Å². The van der Waals surface area contributed by atoms with Gasteiger partial charge in [0.1, 0.15) is 0 Å². The predicted molar refractivity (Wildman–Crippen MR) is 71.4 cm³/mol. The van der Waals surface area contributed by atoms with Gasteiger partial charge in [0.05, 0.1) is 12.6 Å². The summed E-state index contributed by atoms with van der Waals surface area (Å²) in [6.07, 6.45) is 6.47. The van der Waals surface area contributed by atoms with Gasteiger partial charge in [0.15, 0.2) is 0 Å². The molecule has 0 bridgehead atoms. The molecule has 1 saturated carbocycles. The second-order valence-electron chi connectivity index (χ2n) is 6.56. The van der Waals surface area contributed by atoms with Crippen LogP contribution in [0.4, 0.5) is 4.79 Å². The van der Waals surface area contributed by atoms with E-state index < -0.39 is 0 Å². The van der Waals surface area contributed by atoms with E-state index in [9.17, 15) is 9.90 Å². The molecule has 2 amide bonds. The van der Waals surface area contributed by atoms with Gasteiger partial charge in [-0.15, -0.1) is 0 Å². The molecule has 0 radical (unpaired) electrons. The van der Waals surface area contributed by atoms with Crippen molar-refractivity contribution in [3.8, 4) is 0 Å². The molecule has 0 aromatic carbocycles. The maximum Gasteiger partial charge on any atom is 0.317 e. The Bertz CT molecular complexity index is 294. The zero-order valence-corrected chi connectivity index (χ0v) is 11.6. The highest BCUT2D eigenvalue weighted by molar-refractivity contribution is 5.75. The lowest BCUT2D eigenvalue weighted by molar-refractivity contribution is 0.146. The molecule has 4 heteroatoms. The van der Waals surface area contributed by atoms with Gasteiger partial charge in [-0.2, -0.15) is 0 Å². The lowest BCUT2D eigenvalue weighted by atomic mass is 9.75. The topological polar surface area (TPSA) is 52.6 Å². The third-order valence-electron chi connectivity index (χ3n) is 4.52. The molecule has 1 heterocycles. The van der Waals surface area contributed by atoms with Gasteiger partial charge >= 0.3 is 6.03 Å². The van der Waals surface area contributed by atoms with E-state index in [-0.39, 0.29) is 18.7 Å². The third-order valence-corrected chi connectivity index (χ3v) is 4.52. The number of nitrogens with one attached hydrogen (secondary N) is 1. The number of likely N-dealkylation sites (tertiary alicyclic amines) is 1. The number of hydrogen-bond acceptors (Lipinski definition) is 2. The first-order valence-corrected chi connectivity index (χ1v) is 7.20. The Hall–Kier alpha value is -0.770. The van der Waals surface area contributed by atoms with Crippen LogP contribution in [-0.4, -0.2) is 41.3 Å². The Morgan fingerprint density at radius 2 is 2.00 bits per heavy atom. The minimum atomic E-state index is 0.0243. The van der Waals surface area contributed by atoms with Crippen molar-refractivity contribution in [3.05, 3.63) is 0 Å². The molecule has 104 valence electrons. The Morgan fingerprint density at radius 1 is 1.33 bits per heavy atom. The fourth-order valence-electron chi connectivity index (χ4n) is 3.09. The summed E-state index contributed by atoms with van der Waals surface area (Å²) in [5.41, 5.74) is 0.433. The second kappa shape index (κ2) is 5.47. The molecule has 1 aliphatic carbocycles. The van der Waals surface area contributed by atoms with Crippen molar-refractivity contribution in [1.82, 2.24) is 10.2 Å². The first-order chi connectivity index (χ1) is 8.52. The minimum Gasteiger partial charge on any atom is -0.394 e. The molecular formula is C14H26N2O2. The molecule has 0 aromatic heterocycles. The van der Waals surface area contributed by atoms with Crippen molar-refractivity contribution in [2.45, 2.75) is 64.5 Å². The van der Waals surface area contributed by atoms with Crippen molar-refractivity contribution in [3.63, 3.8) is 0 Å². The number of aliphatic hydroxyl groups excluding tert-OH is 1. The van der Waals surface area contributed by atoms with Gasteiger partial charge in [0.25, 0.3) is 0 Å². The van der Waals surface area contributed by atoms with E-state index >= 15 is 0 Å². The highest BCUT2D eigenvalue weighted by atomic mass is 16.3. The Labute approximate surface area is 110 Å². The molecule has 0 spiro atoms. The number of nitrogens with zero attached hydrogens (tertiary/aromatic N) is 1. The summed E-state index contributed by atoms with van der Waals surface area (Å²) in [4.78, 5) is 14.0. The fourth-order valence-corrected chi connectivity index (χ4v) is 3.09. The predicted octanol–water partition coefficient (Wildman–Crippen LogP) is 2.12. The number of aliphatic hydroxyl groups is 1. The third kappa shape index (κ3) is 3.16. The van der Waals surface area contributed by atoms with Crippen LogP contribution < -0.4 is 5.32 Å². The molecule has 1 atom stereocenters. The van der Waals surface area contributed by atoms with Gasteiger partial charge in [0, 0.05) is 12.6 Å². The number of amides is 2. The standard InChI is InChI=1S/C14H26N2O2/c1-14(2)7-5-11(6-8-14)15-13(18)16-9-3-4-12(16)10-17/h11-12,17H,3-10H2,1-2H3,(H,15,18)/t12-/m0/s1. The Kier molecular flexibility index (Phi) is 4.15. The molecule has 0 unspecified atom stereocenters. The first kappa shape index (κ1) is 13.7. The normalized spacial score (nSPS) is 28.4. The molecule has 2 rings (SSSR count). The summed E-state index contributed by atoms with van der Waals surface area (Å²) in [6.45, 7) is 5.47. The Morgan fingerprint density at radius 3 is 2.61 bits per heavy atom. The SMILES string of the molecule is CC1(C)CCC(NC(=O)N2CCC[C@H]2CO)CC1. The molecule has 4 nitrogen and oxygen atoms in total. The average molecular weight is 254 g/mol. The monoisotopic (exact) mass is 254 g/mol. The summed E-state index contributed by atoms with van der Waals surface area (Å²) in [5.74, 6) is 0. The van der Waals surface area contributed by atoms with Gasteiger partial charge in [0.2, 0.25) is 0 Å². The van der Waals surface area contributed by atoms with Crippen molar-refractivity contribution in [2.24, 2.45) is 5.41 Å². The van der Waals surface area contributed by atoms with Crippen molar-refractivity contribution in [1.29, 1.82) is 0 Å². The van der Waals surface area contributed by atoms with E-state index in [0.717, 1.165) is 32.2 Å². The molecule has 2 N–H and O–H groups in total. The molecule has 2 fully saturated rings. The number of carbonyl (C=O) groups excluding carboxylic acids is 1. The van der Waals surface area contributed by atoms with E-state index in [4.69, 9.17) is 0 Å². The van der Waals surface area contributed by atoms with Crippen LogP contribution in [0.5, 0.6) is 0 Å². The van der Waals surface area contributed by atoms with Gasteiger partial charge in [-0.1, -0.05) is 13.8 Å². The number of rotatable bonds is 2. The van der Waals surface area contributed by atoms with E-state index in [1.165, 1.54) is 12.8 Å². The van der Waals surface area contributed by atoms with E-state index in [2.05, 4.69) is 19.2 Å². The number of hydrogen-bond donors (Lipinski definition) is 2. The maximum absolute atomic E-state index is 12.1. The van der Waals surface area contributed by atoms with Crippen LogP contribution in [0.1, 0.15) is 52.4 Å². The summed E-state index contributed by atoms with van der Waals surface area (Å²) < 4.78 is 0. The molecular weight excluding hydrogens is 228 g/mol. The quantitative estimate of drug-likeness (QED) is 0.793. The van der Waals surface area contributed by atoms with Crippen LogP contribution in [-0.2, 0) is 0 Å². The molecule has 1 aliphatic heterocycles. The first-order valence-electron chi connectivity index (χ1n) is 7.20. The van der Waals surface area contributed by atoms with Crippen LogP contribution in [0, 0.1) is 5.41 Å². The summed E-state index contributed by atoms with van der Waals surface area (Å²) in [6, 6.07) is 0.381. The van der Waals surface area contributed by atoms with E-state index in [1.807, 2.05) is 0 Å². The van der Waals surface area contributed by atoms with Crippen LogP contribution >= 0.6 is 0 Å². The van der Waals surface area contributed by atoms with Crippen LogP contribution in [0.25, 0.3) is 0 Å². The Balaban J connectivity index is 1.81. The maximum atomic E-state index is 12.1. The lowest BCUT2D eigenvalue weighted by Crippen LogP contribution is -2.49. The highest BCUT2D eigenvalue weighted by Crippen LogP contribution is 2.35. The smallest absolute Gasteiger partial charge is 0.317 e. The van der Waals surface area contributed by atoms with Gasteiger partial charge in [-0.05, 0) is 43.9 Å². The summed E-state index contributed by atoms with van der Waals surface area (Å²) in [7, 11) is 0. The summed E-state index contributed by atoms with van der Waals surface area (Å²) in [5, 5.41) is 12.4. The van der Waals surface area contributed by atoms with Crippen LogP contribution in [0.2, 0.25) is 0 Å². The van der Waals surface area contributed by atoms with Crippen LogP contribution in [0.3, 0.4) is 0 Å². The lowest BCUT2D eigenvalue weighted by Gasteiger charge is -2.35. The molecule has 1 saturated heterocycles. The molecule has 2 aliphatic rings. The van der Waals surface area contributed by atoms with Gasteiger partial charge in [-0.3, -0.25) is 0 Å². The highest BCUT2D eigenvalue weighted by Gasteiger charge is 2.31. The fraction of sp³-hybridized carbons (Fsp3) is 0.929. The molecule has 0 aromatic rings. The second-order valence-corrected chi connectivity index (χ2v) is 6.56. The average Bonchev–Trinajstić information content (AvgIpc) is 2.80. The van der Waals surface area contributed by atoms with Crippen molar-refractivity contribution >= 4 is 6.03 Å². The minimum absolute atomic E-state index is 0.0243. The van der Waals surface area contributed by atoms with Crippen molar-refractivity contribution < 1.29 is 9.90 Å². The molecule has 18 heavy (non-hydrogen) atoms. The zero-order chi connectivity index (χ0) is 13.2. The van der Waals surface area contributed by atoms with Crippen LogP contribution in [0.15, 0.2) is 0 Å².